The number of carbonyl (C=O) groups excluding carboxylic acids is 2. The zero-order valence-corrected chi connectivity index (χ0v) is 25.7. The number of ether oxygens (including phenoxy) is 1. The van der Waals surface area contributed by atoms with Gasteiger partial charge in [0.15, 0.2) is 0 Å². The van der Waals surface area contributed by atoms with Gasteiger partial charge in [-0.15, -0.1) is 0 Å². The van der Waals surface area contributed by atoms with Gasteiger partial charge >= 0.3 is 12.2 Å². The highest BCUT2D eigenvalue weighted by Crippen LogP contribution is 2.31. The van der Waals surface area contributed by atoms with E-state index in [0.717, 1.165) is 24.3 Å². The number of alkyl halides is 3. The van der Waals surface area contributed by atoms with E-state index in [2.05, 4.69) is 10.6 Å². The van der Waals surface area contributed by atoms with Crippen LogP contribution in [0.5, 0.6) is 5.75 Å². The smallest absolute Gasteiger partial charge is 0.416 e. The number of hydrogen-bond donors (Lipinski definition) is 3. The number of aliphatic hydroxyl groups is 1. The zero-order chi connectivity index (χ0) is 32.9. The fourth-order valence-electron chi connectivity index (χ4n) is 4.89. The lowest BCUT2D eigenvalue weighted by atomic mass is 10.0. The Kier molecular flexibility index (Phi) is 10.4. The van der Waals surface area contributed by atoms with Crippen LogP contribution in [0.15, 0.2) is 77.7 Å². The summed E-state index contributed by atoms with van der Waals surface area (Å²) in [5.74, 6) is -0.335. The summed E-state index contributed by atoms with van der Waals surface area (Å²) < 4.78 is 72.7. The lowest BCUT2D eigenvalue weighted by molar-refractivity contribution is -0.137. The van der Waals surface area contributed by atoms with E-state index in [1.54, 1.807) is 37.3 Å². The molecule has 10 nitrogen and oxygen atoms in total. The SMILES string of the molecule is C[C@H](CO)N1C[C@H](C)[C@H](CN(C)S(=O)(=O)c2ccccc2)Oc2ccc(NC(=O)Nc3ccc(C(F)(F)F)cc3)cc2CC1=O. The van der Waals surface area contributed by atoms with E-state index in [1.807, 2.05) is 6.92 Å². The van der Waals surface area contributed by atoms with E-state index in [0.29, 0.717) is 11.3 Å². The number of anilines is 2. The largest absolute Gasteiger partial charge is 0.488 e. The normalized spacial score (nSPS) is 18.2. The molecule has 0 saturated heterocycles. The molecule has 1 aliphatic rings. The summed E-state index contributed by atoms with van der Waals surface area (Å²) in [5.41, 5.74) is -0.0161. The lowest BCUT2D eigenvalue weighted by Crippen LogP contribution is -2.48. The van der Waals surface area contributed by atoms with Crippen molar-refractivity contribution in [3.8, 4) is 5.75 Å². The van der Waals surface area contributed by atoms with Gasteiger partial charge in [-0.3, -0.25) is 4.79 Å². The van der Waals surface area contributed by atoms with Crippen LogP contribution in [0.3, 0.4) is 0 Å². The highest BCUT2D eigenvalue weighted by atomic mass is 32.2. The van der Waals surface area contributed by atoms with Crippen molar-refractivity contribution >= 4 is 33.3 Å². The van der Waals surface area contributed by atoms with Gasteiger partial charge in [-0.05, 0) is 61.5 Å². The fourth-order valence-corrected chi connectivity index (χ4v) is 6.09. The molecule has 0 bridgehead atoms. The van der Waals surface area contributed by atoms with Gasteiger partial charge in [0, 0.05) is 36.4 Å². The van der Waals surface area contributed by atoms with Crippen LogP contribution in [0.25, 0.3) is 0 Å². The molecule has 1 aliphatic heterocycles. The Morgan fingerprint density at radius 3 is 2.31 bits per heavy atom. The Bertz CT molecular complexity index is 1600. The number of sulfonamides is 1. The van der Waals surface area contributed by atoms with E-state index < -0.39 is 39.9 Å². The summed E-state index contributed by atoms with van der Waals surface area (Å²) >= 11 is 0. The maximum Gasteiger partial charge on any atom is 0.416 e. The van der Waals surface area contributed by atoms with Gasteiger partial charge in [0.2, 0.25) is 15.9 Å². The van der Waals surface area contributed by atoms with E-state index in [9.17, 15) is 36.3 Å². The van der Waals surface area contributed by atoms with E-state index in [4.69, 9.17) is 4.74 Å². The molecule has 3 aromatic rings. The first-order valence-corrected chi connectivity index (χ1v) is 15.6. The van der Waals surface area contributed by atoms with Crippen LogP contribution in [0.1, 0.15) is 25.0 Å². The molecule has 242 valence electrons. The van der Waals surface area contributed by atoms with Gasteiger partial charge in [-0.25, -0.2) is 13.2 Å². The molecule has 45 heavy (non-hydrogen) atoms. The van der Waals surface area contributed by atoms with Gasteiger partial charge in [0.25, 0.3) is 0 Å². The Morgan fingerprint density at radius 1 is 1.07 bits per heavy atom. The van der Waals surface area contributed by atoms with Crippen LogP contribution >= 0.6 is 0 Å². The Balaban J connectivity index is 1.58. The van der Waals surface area contributed by atoms with E-state index in [-0.39, 0.29) is 54.2 Å². The van der Waals surface area contributed by atoms with Crippen LogP contribution in [-0.2, 0) is 27.4 Å². The minimum atomic E-state index is -4.51. The average Bonchev–Trinajstić information content (AvgIpc) is 3.04. The summed E-state index contributed by atoms with van der Waals surface area (Å²) in [4.78, 5) is 27.7. The molecule has 14 heteroatoms. The van der Waals surface area contributed by atoms with Crippen molar-refractivity contribution in [1.82, 2.24) is 9.21 Å². The number of hydrogen-bond acceptors (Lipinski definition) is 6. The van der Waals surface area contributed by atoms with Crippen molar-refractivity contribution in [2.75, 3.05) is 37.4 Å². The number of fused-ring (bicyclic) bond motifs is 1. The highest BCUT2D eigenvalue weighted by molar-refractivity contribution is 7.89. The first-order chi connectivity index (χ1) is 21.2. The number of nitrogens with one attached hydrogen (secondary N) is 2. The molecule has 0 fully saturated rings. The molecule has 1 heterocycles. The summed E-state index contributed by atoms with van der Waals surface area (Å²) in [6.45, 7) is 3.41. The monoisotopic (exact) mass is 648 g/mol. The summed E-state index contributed by atoms with van der Waals surface area (Å²) in [6, 6.07) is 15.3. The molecule has 3 N–H and O–H groups in total. The molecule has 0 aromatic heterocycles. The Hall–Kier alpha value is -4.14. The number of nitrogens with zero attached hydrogens (tertiary/aromatic N) is 2. The standard InChI is InChI=1S/C31H35F3N4O6S/c1-20-17-38(21(2)19-39)29(40)16-22-15-25(36-30(41)35-24-11-9-23(10-12-24)31(32,33)34)13-14-27(22)44-28(20)18-37(3)45(42,43)26-7-5-4-6-8-26/h4-15,20-21,28,39H,16-19H2,1-3H3,(H2,35,36,41)/t20-,21+,28-/m0/s1. The molecule has 0 radical (unpaired) electrons. The van der Waals surface area contributed by atoms with Gasteiger partial charge < -0.3 is 25.4 Å². The minimum absolute atomic E-state index is 0.0388. The van der Waals surface area contributed by atoms with Crippen molar-refractivity contribution < 1.29 is 41.0 Å². The minimum Gasteiger partial charge on any atom is -0.488 e. The molecule has 0 saturated carbocycles. The number of urea groups is 1. The number of likely N-dealkylation sites (N-methyl/N-ethyl adjacent to an activating group) is 1. The molecule has 3 aromatic carbocycles. The fraction of sp³-hybridized carbons (Fsp3) is 0.355. The third kappa shape index (κ3) is 8.32. The van der Waals surface area contributed by atoms with Crippen molar-refractivity contribution in [3.63, 3.8) is 0 Å². The number of amides is 3. The molecule has 0 unspecified atom stereocenters. The maximum atomic E-state index is 13.4. The molecule has 0 aliphatic carbocycles. The van der Waals surface area contributed by atoms with Crippen molar-refractivity contribution in [2.24, 2.45) is 5.92 Å². The second-order valence-electron chi connectivity index (χ2n) is 11.0. The molecular weight excluding hydrogens is 613 g/mol. The molecule has 3 amide bonds. The van der Waals surface area contributed by atoms with Crippen molar-refractivity contribution in [3.05, 3.63) is 83.9 Å². The second-order valence-corrected chi connectivity index (χ2v) is 13.0. The third-order valence-electron chi connectivity index (χ3n) is 7.53. The second kappa shape index (κ2) is 13.9. The first-order valence-electron chi connectivity index (χ1n) is 14.2. The predicted octanol–water partition coefficient (Wildman–Crippen LogP) is 4.82. The molecular formula is C31H35F3N4O6S. The Labute approximate surface area is 259 Å². The number of rotatable bonds is 8. The van der Waals surface area contributed by atoms with Gasteiger partial charge in [0.05, 0.1) is 36.1 Å². The molecule has 3 atom stereocenters. The topological polar surface area (TPSA) is 128 Å². The summed E-state index contributed by atoms with van der Waals surface area (Å²) in [7, 11) is -2.40. The Morgan fingerprint density at radius 2 is 1.69 bits per heavy atom. The van der Waals surface area contributed by atoms with Crippen LogP contribution in [-0.4, -0.2) is 73.6 Å². The quantitative estimate of drug-likeness (QED) is 0.322. The van der Waals surface area contributed by atoms with Gasteiger partial charge in [-0.2, -0.15) is 17.5 Å². The number of carbonyl (C=O) groups is 2. The third-order valence-corrected chi connectivity index (χ3v) is 9.37. The maximum absolute atomic E-state index is 13.4. The zero-order valence-electron chi connectivity index (χ0n) is 24.9. The van der Waals surface area contributed by atoms with E-state index >= 15 is 0 Å². The van der Waals surface area contributed by atoms with E-state index in [1.165, 1.54) is 34.5 Å². The van der Waals surface area contributed by atoms with Crippen LogP contribution < -0.4 is 15.4 Å². The van der Waals surface area contributed by atoms with Crippen LogP contribution in [0.4, 0.5) is 29.3 Å². The first kappa shape index (κ1) is 33.7. The molecule has 0 spiro atoms. The summed E-state index contributed by atoms with van der Waals surface area (Å²) in [5, 5.41) is 14.9. The van der Waals surface area contributed by atoms with Crippen molar-refractivity contribution in [1.29, 1.82) is 0 Å². The van der Waals surface area contributed by atoms with Crippen LogP contribution in [0.2, 0.25) is 0 Å². The van der Waals surface area contributed by atoms with Crippen LogP contribution in [0, 0.1) is 5.92 Å². The molecule has 4 rings (SSSR count). The average molecular weight is 649 g/mol. The predicted molar refractivity (Wildman–Crippen MR) is 162 cm³/mol. The van der Waals surface area contributed by atoms with Gasteiger partial charge in [0.1, 0.15) is 11.9 Å². The highest BCUT2D eigenvalue weighted by Gasteiger charge is 2.34. The lowest BCUT2D eigenvalue weighted by Gasteiger charge is -2.33. The number of aliphatic hydroxyl groups excluding tert-OH is 1. The van der Waals surface area contributed by atoms with Gasteiger partial charge in [-0.1, -0.05) is 25.1 Å². The summed E-state index contributed by atoms with van der Waals surface area (Å²) in [6.07, 6.45) is -5.34. The van der Waals surface area contributed by atoms with Crippen molar-refractivity contribution in [2.45, 2.75) is 43.5 Å². The number of halogens is 3. The number of benzene rings is 3.